The second kappa shape index (κ2) is 12.3. The summed E-state index contributed by atoms with van der Waals surface area (Å²) in [6.07, 6.45) is 5.67. The van der Waals surface area contributed by atoms with Gasteiger partial charge in [-0.3, -0.25) is 14.7 Å². The number of piperidine rings is 2. The summed E-state index contributed by atoms with van der Waals surface area (Å²) in [6.45, 7) is 5.29. The van der Waals surface area contributed by atoms with Crippen LogP contribution < -0.4 is 10.6 Å². The summed E-state index contributed by atoms with van der Waals surface area (Å²) in [5, 5.41) is 6.69. The molecule has 0 spiro atoms. The van der Waals surface area contributed by atoms with Crippen LogP contribution >= 0.6 is 24.0 Å². The van der Waals surface area contributed by atoms with Crippen LogP contribution in [0.2, 0.25) is 0 Å². The van der Waals surface area contributed by atoms with E-state index in [2.05, 4.69) is 50.9 Å². The van der Waals surface area contributed by atoms with Gasteiger partial charge in [-0.15, -0.1) is 24.0 Å². The number of nitrogens with one attached hydrogen (secondary N) is 2. The highest BCUT2D eigenvalue weighted by molar-refractivity contribution is 14.0. The molecular weight excluding hydrogens is 465 g/mol. The predicted octanol–water partition coefficient (Wildman–Crippen LogP) is 2.45. The van der Waals surface area contributed by atoms with E-state index < -0.39 is 0 Å². The van der Waals surface area contributed by atoms with Crippen LogP contribution in [0.4, 0.5) is 0 Å². The fourth-order valence-electron chi connectivity index (χ4n) is 3.88. The topological polar surface area (TPSA) is 60.0 Å². The van der Waals surface area contributed by atoms with E-state index in [-0.39, 0.29) is 29.9 Å². The fourth-order valence-corrected chi connectivity index (χ4v) is 3.88. The molecule has 2 aliphatic heterocycles. The van der Waals surface area contributed by atoms with Crippen LogP contribution in [0.15, 0.2) is 35.3 Å². The van der Waals surface area contributed by atoms with Crippen molar-refractivity contribution in [2.75, 3.05) is 39.8 Å². The Morgan fingerprint density at radius 3 is 2.39 bits per heavy atom. The molecule has 1 amide bonds. The van der Waals surface area contributed by atoms with E-state index in [1.54, 1.807) is 7.05 Å². The molecular formula is C21H34IN5O. The molecule has 2 aliphatic rings. The number of aliphatic imine (C=N–C) groups is 1. The average molecular weight is 499 g/mol. The van der Waals surface area contributed by atoms with Gasteiger partial charge in [0, 0.05) is 45.8 Å². The standard InChI is InChI=1S/C21H33N5O.HI/c1-22-21(23-16-20(27)26-12-6-3-7-13-26)24-19-10-14-25(15-11-19)17-18-8-4-2-5-9-18;/h2,4-5,8-9,19H,3,6-7,10-17H2,1H3,(H2,22,23,24);1H. The molecule has 3 rings (SSSR count). The molecule has 1 aromatic carbocycles. The lowest BCUT2D eigenvalue weighted by Crippen LogP contribution is -2.51. The van der Waals surface area contributed by atoms with Gasteiger partial charge in [0.05, 0.1) is 6.54 Å². The molecule has 0 radical (unpaired) electrons. The Morgan fingerprint density at radius 1 is 1.07 bits per heavy atom. The van der Waals surface area contributed by atoms with Crippen molar-refractivity contribution >= 4 is 35.8 Å². The van der Waals surface area contributed by atoms with Gasteiger partial charge in [0.25, 0.3) is 0 Å². The monoisotopic (exact) mass is 499 g/mol. The molecule has 0 aliphatic carbocycles. The summed E-state index contributed by atoms with van der Waals surface area (Å²) >= 11 is 0. The molecule has 2 saturated heterocycles. The molecule has 2 fully saturated rings. The zero-order valence-electron chi connectivity index (χ0n) is 16.9. The number of hydrogen-bond acceptors (Lipinski definition) is 3. The van der Waals surface area contributed by atoms with Gasteiger partial charge in [-0.2, -0.15) is 0 Å². The zero-order valence-corrected chi connectivity index (χ0v) is 19.2. The van der Waals surface area contributed by atoms with Crippen molar-refractivity contribution in [1.82, 2.24) is 20.4 Å². The Balaban J connectivity index is 0.00000280. The van der Waals surface area contributed by atoms with Crippen LogP contribution in [0.25, 0.3) is 0 Å². The van der Waals surface area contributed by atoms with Crippen molar-refractivity contribution in [3.05, 3.63) is 35.9 Å². The third-order valence-corrected chi connectivity index (χ3v) is 5.52. The molecule has 6 nitrogen and oxygen atoms in total. The summed E-state index contributed by atoms with van der Waals surface area (Å²) in [4.78, 5) is 21.1. The number of halogens is 1. The Bertz CT molecular complexity index is 610. The number of carbonyl (C=O) groups excluding carboxylic acids is 1. The van der Waals surface area contributed by atoms with E-state index in [4.69, 9.17) is 0 Å². The van der Waals surface area contributed by atoms with Crippen molar-refractivity contribution < 1.29 is 4.79 Å². The first-order valence-electron chi connectivity index (χ1n) is 10.3. The summed E-state index contributed by atoms with van der Waals surface area (Å²) < 4.78 is 0. The summed E-state index contributed by atoms with van der Waals surface area (Å²) in [6, 6.07) is 11.1. The van der Waals surface area contributed by atoms with Crippen molar-refractivity contribution in [3.63, 3.8) is 0 Å². The smallest absolute Gasteiger partial charge is 0.241 e. The molecule has 2 heterocycles. The largest absolute Gasteiger partial charge is 0.354 e. The molecule has 0 unspecified atom stereocenters. The van der Waals surface area contributed by atoms with Gasteiger partial charge < -0.3 is 15.5 Å². The molecule has 0 saturated carbocycles. The average Bonchev–Trinajstić information content (AvgIpc) is 2.73. The normalized spacial score (nSPS) is 19.0. The summed E-state index contributed by atoms with van der Waals surface area (Å²) in [5.74, 6) is 0.914. The van der Waals surface area contributed by atoms with Gasteiger partial charge in [-0.25, -0.2) is 0 Å². The number of amides is 1. The van der Waals surface area contributed by atoms with Gasteiger partial charge in [0.1, 0.15) is 0 Å². The van der Waals surface area contributed by atoms with Crippen LogP contribution in [0.3, 0.4) is 0 Å². The minimum Gasteiger partial charge on any atom is -0.354 e. The van der Waals surface area contributed by atoms with Crippen LogP contribution in [-0.4, -0.2) is 67.5 Å². The zero-order chi connectivity index (χ0) is 18.9. The number of carbonyl (C=O) groups is 1. The third kappa shape index (κ3) is 7.24. The fraction of sp³-hybridized carbons (Fsp3) is 0.619. The maximum atomic E-state index is 12.3. The van der Waals surface area contributed by atoms with E-state index >= 15 is 0 Å². The van der Waals surface area contributed by atoms with Gasteiger partial charge in [0.2, 0.25) is 5.91 Å². The summed E-state index contributed by atoms with van der Waals surface area (Å²) in [5.41, 5.74) is 1.37. The predicted molar refractivity (Wildman–Crippen MR) is 125 cm³/mol. The molecule has 0 aromatic heterocycles. The Kier molecular flexibility index (Phi) is 10.0. The van der Waals surface area contributed by atoms with Gasteiger partial charge in [-0.1, -0.05) is 30.3 Å². The lowest BCUT2D eigenvalue weighted by atomic mass is 10.0. The Morgan fingerprint density at radius 2 is 1.75 bits per heavy atom. The van der Waals surface area contributed by atoms with Crippen LogP contribution in [-0.2, 0) is 11.3 Å². The second-order valence-corrected chi connectivity index (χ2v) is 7.55. The number of hydrogen-bond donors (Lipinski definition) is 2. The first kappa shape index (κ1) is 22.9. The van der Waals surface area contributed by atoms with Gasteiger partial charge >= 0.3 is 0 Å². The quantitative estimate of drug-likeness (QED) is 0.372. The van der Waals surface area contributed by atoms with Crippen molar-refractivity contribution in [3.8, 4) is 0 Å². The van der Waals surface area contributed by atoms with Crippen molar-refractivity contribution in [2.45, 2.75) is 44.7 Å². The molecule has 28 heavy (non-hydrogen) atoms. The number of likely N-dealkylation sites (tertiary alicyclic amines) is 2. The van der Waals surface area contributed by atoms with E-state index in [9.17, 15) is 4.79 Å². The second-order valence-electron chi connectivity index (χ2n) is 7.55. The van der Waals surface area contributed by atoms with E-state index in [1.165, 1.54) is 12.0 Å². The van der Waals surface area contributed by atoms with Crippen LogP contribution in [0.1, 0.15) is 37.7 Å². The van der Waals surface area contributed by atoms with Crippen molar-refractivity contribution in [2.24, 2.45) is 4.99 Å². The molecule has 0 atom stereocenters. The van der Waals surface area contributed by atoms with Gasteiger partial charge in [-0.05, 0) is 37.7 Å². The lowest BCUT2D eigenvalue weighted by Gasteiger charge is -2.33. The maximum Gasteiger partial charge on any atom is 0.241 e. The molecule has 7 heteroatoms. The molecule has 1 aromatic rings. The highest BCUT2D eigenvalue weighted by atomic mass is 127. The van der Waals surface area contributed by atoms with Crippen LogP contribution in [0, 0.1) is 0 Å². The molecule has 2 N–H and O–H groups in total. The minimum atomic E-state index is 0. The first-order chi connectivity index (χ1) is 13.2. The highest BCUT2D eigenvalue weighted by Crippen LogP contribution is 2.14. The van der Waals surface area contributed by atoms with Gasteiger partial charge in [0.15, 0.2) is 5.96 Å². The molecule has 0 bridgehead atoms. The van der Waals surface area contributed by atoms with E-state index in [0.29, 0.717) is 12.6 Å². The first-order valence-corrected chi connectivity index (χ1v) is 10.3. The lowest BCUT2D eigenvalue weighted by molar-refractivity contribution is -0.130. The third-order valence-electron chi connectivity index (χ3n) is 5.52. The number of nitrogens with zero attached hydrogens (tertiary/aromatic N) is 3. The SMILES string of the molecule is CN=C(NCC(=O)N1CCCCC1)NC1CCN(Cc2ccccc2)CC1.I. The maximum absolute atomic E-state index is 12.3. The number of rotatable bonds is 5. The number of guanidine groups is 1. The Hall–Kier alpha value is -1.35. The number of benzene rings is 1. The summed E-state index contributed by atoms with van der Waals surface area (Å²) in [7, 11) is 1.77. The highest BCUT2D eigenvalue weighted by Gasteiger charge is 2.21. The minimum absolute atomic E-state index is 0. The van der Waals surface area contributed by atoms with E-state index in [1.807, 2.05) is 4.90 Å². The van der Waals surface area contributed by atoms with Crippen LogP contribution in [0.5, 0.6) is 0 Å². The van der Waals surface area contributed by atoms with E-state index in [0.717, 1.165) is 64.4 Å². The van der Waals surface area contributed by atoms with Crippen molar-refractivity contribution in [1.29, 1.82) is 0 Å². The molecule has 156 valence electrons. The Labute approximate surface area is 186 Å².